The van der Waals surface area contributed by atoms with Crippen molar-refractivity contribution >= 4 is 36.2 Å². The Bertz CT molecular complexity index is 1200. The monoisotopic (exact) mass is 502 g/mol. The molecule has 1 aliphatic heterocycles. The molecule has 3 aromatic rings. The van der Waals surface area contributed by atoms with Crippen LogP contribution in [0.3, 0.4) is 0 Å². The average molecular weight is 503 g/mol. The van der Waals surface area contributed by atoms with Gasteiger partial charge < -0.3 is 19.8 Å². The van der Waals surface area contributed by atoms with E-state index in [-0.39, 0.29) is 29.9 Å². The number of hydrogen-bond acceptors (Lipinski definition) is 4. The van der Waals surface area contributed by atoms with Crippen LogP contribution in [-0.4, -0.2) is 33.8 Å². The van der Waals surface area contributed by atoms with Crippen molar-refractivity contribution in [2.75, 3.05) is 19.0 Å². The first-order valence-electron chi connectivity index (χ1n) is 12.2. The van der Waals surface area contributed by atoms with E-state index in [1.54, 1.807) is 13.2 Å². The molecule has 2 amide bonds. The van der Waals surface area contributed by atoms with Gasteiger partial charge in [0.15, 0.2) is 0 Å². The first kappa shape index (κ1) is 25.7. The standard InChI is InChI=1S/C29H34N2O4Si/c1-20(32)30-24-17-16-21-18-26(33)31-25(27(21)28(24)34-5)19-35-36(29(2,3)4,22-12-8-6-9-13-22)23-14-10-7-11-15-23/h6-17,25H,18-19H2,1-5H3,(H,30,32)(H,31,33). The van der Waals surface area contributed by atoms with Crippen LogP contribution in [0.1, 0.15) is 44.9 Å². The lowest BCUT2D eigenvalue weighted by molar-refractivity contribution is -0.122. The van der Waals surface area contributed by atoms with Crippen LogP contribution in [0.2, 0.25) is 5.04 Å². The highest BCUT2D eigenvalue weighted by atomic mass is 28.4. The fourth-order valence-corrected chi connectivity index (χ4v) is 9.84. The molecule has 188 valence electrons. The molecule has 0 bridgehead atoms. The van der Waals surface area contributed by atoms with Gasteiger partial charge in [0.2, 0.25) is 11.8 Å². The van der Waals surface area contributed by atoms with Gasteiger partial charge in [-0.2, -0.15) is 0 Å². The number of hydrogen-bond donors (Lipinski definition) is 2. The third kappa shape index (κ3) is 4.81. The molecule has 4 rings (SSSR count). The van der Waals surface area contributed by atoms with Gasteiger partial charge in [0.25, 0.3) is 8.32 Å². The van der Waals surface area contributed by atoms with E-state index < -0.39 is 14.4 Å². The summed E-state index contributed by atoms with van der Waals surface area (Å²) in [5.41, 5.74) is 2.30. The van der Waals surface area contributed by atoms with E-state index in [4.69, 9.17) is 9.16 Å². The number of ether oxygens (including phenoxy) is 1. The molecule has 0 aromatic heterocycles. The summed E-state index contributed by atoms with van der Waals surface area (Å²) in [5, 5.41) is 8.11. The summed E-state index contributed by atoms with van der Waals surface area (Å²) in [4.78, 5) is 24.5. The fourth-order valence-electron chi connectivity index (χ4n) is 5.27. The molecule has 2 N–H and O–H groups in total. The zero-order valence-electron chi connectivity index (χ0n) is 21.6. The first-order valence-corrected chi connectivity index (χ1v) is 14.1. The Balaban J connectivity index is 1.82. The Morgan fingerprint density at radius 1 is 1.00 bits per heavy atom. The lowest BCUT2D eigenvalue weighted by Gasteiger charge is -2.44. The Morgan fingerprint density at radius 3 is 2.08 bits per heavy atom. The van der Waals surface area contributed by atoms with Crippen LogP contribution in [0.25, 0.3) is 0 Å². The molecule has 1 aliphatic rings. The summed E-state index contributed by atoms with van der Waals surface area (Å²) < 4.78 is 12.9. The maximum Gasteiger partial charge on any atom is 0.261 e. The molecule has 1 unspecified atom stereocenters. The van der Waals surface area contributed by atoms with Gasteiger partial charge in [0.1, 0.15) is 5.75 Å². The number of rotatable bonds is 7. The molecule has 0 saturated heterocycles. The van der Waals surface area contributed by atoms with E-state index in [1.165, 1.54) is 17.3 Å². The number of fused-ring (bicyclic) bond motifs is 1. The molecule has 0 spiro atoms. The minimum absolute atomic E-state index is 0.0622. The van der Waals surface area contributed by atoms with Crippen LogP contribution in [-0.2, 0) is 20.4 Å². The van der Waals surface area contributed by atoms with Crippen LogP contribution in [0.15, 0.2) is 72.8 Å². The van der Waals surface area contributed by atoms with Gasteiger partial charge in [0.05, 0.1) is 31.9 Å². The minimum Gasteiger partial charge on any atom is -0.494 e. The van der Waals surface area contributed by atoms with Crippen LogP contribution < -0.4 is 25.7 Å². The highest BCUT2D eigenvalue weighted by Crippen LogP contribution is 2.41. The van der Waals surface area contributed by atoms with Gasteiger partial charge in [-0.25, -0.2) is 0 Å². The summed E-state index contributed by atoms with van der Waals surface area (Å²) in [5.74, 6) is 0.305. The SMILES string of the molecule is COc1c(NC(C)=O)ccc2c1C(CO[Si](c1ccccc1)(c1ccccc1)C(C)(C)C)NC(=O)C2. The fraction of sp³-hybridized carbons (Fsp3) is 0.310. The lowest BCUT2D eigenvalue weighted by atomic mass is 9.92. The molecular weight excluding hydrogens is 468 g/mol. The average Bonchev–Trinajstić information content (AvgIpc) is 2.84. The molecule has 0 radical (unpaired) electrons. The molecule has 1 heterocycles. The second kappa shape index (κ2) is 10.3. The van der Waals surface area contributed by atoms with Crippen LogP contribution in [0, 0.1) is 0 Å². The Morgan fingerprint density at radius 2 is 1.58 bits per heavy atom. The smallest absolute Gasteiger partial charge is 0.261 e. The number of methoxy groups -OCH3 is 1. The van der Waals surface area contributed by atoms with Gasteiger partial charge in [0, 0.05) is 12.5 Å². The first-order chi connectivity index (χ1) is 17.2. The van der Waals surface area contributed by atoms with Gasteiger partial charge >= 0.3 is 0 Å². The molecule has 0 fully saturated rings. The molecule has 7 heteroatoms. The molecule has 1 atom stereocenters. The summed E-state index contributed by atoms with van der Waals surface area (Å²) in [6.07, 6.45) is 0.252. The minimum atomic E-state index is -2.81. The van der Waals surface area contributed by atoms with Crippen molar-refractivity contribution < 1.29 is 18.8 Å². The molecule has 0 saturated carbocycles. The van der Waals surface area contributed by atoms with Crippen LogP contribution in [0.5, 0.6) is 5.75 Å². The number of nitrogens with one attached hydrogen (secondary N) is 2. The normalized spacial score (nSPS) is 15.6. The number of carbonyl (C=O) groups is 2. The van der Waals surface area contributed by atoms with Gasteiger partial charge in [-0.3, -0.25) is 9.59 Å². The van der Waals surface area contributed by atoms with E-state index in [1.807, 2.05) is 18.2 Å². The third-order valence-electron chi connectivity index (χ3n) is 6.72. The van der Waals surface area contributed by atoms with E-state index in [0.717, 1.165) is 11.1 Å². The van der Waals surface area contributed by atoms with Crippen molar-refractivity contribution in [3.63, 3.8) is 0 Å². The second-order valence-electron chi connectivity index (χ2n) is 10.2. The highest BCUT2D eigenvalue weighted by Gasteiger charge is 2.50. The van der Waals surface area contributed by atoms with Crippen molar-refractivity contribution in [3.8, 4) is 5.75 Å². The molecular formula is C29H34N2O4Si. The number of amides is 2. The van der Waals surface area contributed by atoms with Gasteiger partial charge in [-0.15, -0.1) is 0 Å². The predicted octanol–water partition coefficient (Wildman–Crippen LogP) is 3.94. The number of benzene rings is 3. The van der Waals surface area contributed by atoms with Crippen molar-refractivity contribution in [1.29, 1.82) is 0 Å². The van der Waals surface area contributed by atoms with E-state index in [0.29, 0.717) is 11.4 Å². The molecule has 3 aromatic carbocycles. The van der Waals surface area contributed by atoms with Crippen LogP contribution >= 0.6 is 0 Å². The molecule has 36 heavy (non-hydrogen) atoms. The number of carbonyl (C=O) groups excluding carboxylic acids is 2. The Hall–Kier alpha value is -3.42. The zero-order valence-corrected chi connectivity index (χ0v) is 22.6. The quantitative estimate of drug-likeness (QED) is 0.480. The Labute approximate surface area is 214 Å². The van der Waals surface area contributed by atoms with Crippen molar-refractivity contribution in [2.24, 2.45) is 0 Å². The molecule has 0 aliphatic carbocycles. The highest BCUT2D eigenvalue weighted by molar-refractivity contribution is 6.99. The Kier molecular flexibility index (Phi) is 7.33. The van der Waals surface area contributed by atoms with E-state index >= 15 is 0 Å². The predicted molar refractivity (Wildman–Crippen MR) is 145 cm³/mol. The summed E-state index contributed by atoms with van der Waals surface area (Å²) in [6.45, 7) is 8.41. The van der Waals surface area contributed by atoms with E-state index in [9.17, 15) is 9.59 Å². The van der Waals surface area contributed by atoms with Crippen LogP contribution in [0.4, 0.5) is 5.69 Å². The second-order valence-corrected chi connectivity index (χ2v) is 14.5. The summed E-state index contributed by atoms with van der Waals surface area (Å²) >= 11 is 0. The third-order valence-corrected chi connectivity index (χ3v) is 11.7. The molecule has 6 nitrogen and oxygen atoms in total. The van der Waals surface area contributed by atoms with Gasteiger partial charge in [-0.05, 0) is 27.0 Å². The number of anilines is 1. The van der Waals surface area contributed by atoms with Crippen molar-refractivity contribution in [1.82, 2.24) is 5.32 Å². The van der Waals surface area contributed by atoms with Crippen molar-refractivity contribution in [3.05, 3.63) is 83.9 Å². The van der Waals surface area contributed by atoms with Gasteiger partial charge in [-0.1, -0.05) is 87.5 Å². The lowest BCUT2D eigenvalue weighted by Crippen LogP contribution is -2.67. The summed E-state index contributed by atoms with van der Waals surface area (Å²) in [7, 11) is -1.23. The maximum atomic E-state index is 12.7. The largest absolute Gasteiger partial charge is 0.494 e. The topological polar surface area (TPSA) is 76.7 Å². The summed E-state index contributed by atoms with van der Waals surface area (Å²) in [6, 6.07) is 24.1. The maximum absolute atomic E-state index is 12.7. The zero-order chi connectivity index (χ0) is 25.9. The van der Waals surface area contributed by atoms with Crippen molar-refractivity contribution in [2.45, 2.75) is 45.2 Å². The van der Waals surface area contributed by atoms with E-state index in [2.05, 4.69) is 79.9 Å².